The summed E-state index contributed by atoms with van der Waals surface area (Å²) in [5, 5.41) is 3.58. The molecular formula is C13H22N2. The van der Waals surface area contributed by atoms with Crippen molar-refractivity contribution in [2.75, 3.05) is 6.54 Å². The standard InChI is InChI=1S/C13H22N2/c1-4-8-13(2,3)15-10-7-12-6-5-9-14-11-12/h5-6,9,11,15H,4,7-8,10H2,1-3H3. The number of nitrogens with zero attached hydrogens (tertiary/aromatic N) is 1. The molecule has 2 nitrogen and oxygen atoms in total. The molecular weight excluding hydrogens is 184 g/mol. The van der Waals surface area contributed by atoms with Crippen LogP contribution in [-0.4, -0.2) is 17.1 Å². The van der Waals surface area contributed by atoms with Crippen molar-refractivity contribution in [1.82, 2.24) is 10.3 Å². The predicted octanol–water partition coefficient (Wildman–Crippen LogP) is 2.79. The van der Waals surface area contributed by atoms with Crippen LogP contribution < -0.4 is 5.32 Å². The summed E-state index contributed by atoms with van der Waals surface area (Å²) in [5.41, 5.74) is 1.56. The van der Waals surface area contributed by atoms with E-state index in [1.165, 1.54) is 18.4 Å². The van der Waals surface area contributed by atoms with Crippen LogP contribution in [0.2, 0.25) is 0 Å². The lowest BCUT2D eigenvalue weighted by atomic mass is 9.99. The molecule has 0 aliphatic rings. The minimum Gasteiger partial charge on any atom is -0.311 e. The molecule has 1 heterocycles. The van der Waals surface area contributed by atoms with Crippen molar-refractivity contribution in [3.8, 4) is 0 Å². The fraction of sp³-hybridized carbons (Fsp3) is 0.615. The lowest BCUT2D eigenvalue weighted by molar-refractivity contribution is 0.361. The molecule has 1 aromatic heterocycles. The Labute approximate surface area is 93.1 Å². The zero-order chi connectivity index (χ0) is 11.1. The van der Waals surface area contributed by atoms with Crippen molar-refractivity contribution in [1.29, 1.82) is 0 Å². The number of hydrogen-bond donors (Lipinski definition) is 1. The number of pyridine rings is 1. The normalized spacial score (nSPS) is 11.7. The van der Waals surface area contributed by atoms with Gasteiger partial charge >= 0.3 is 0 Å². The van der Waals surface area contributed by atoms with Crippen LogP contribution in [0.5, 0.6) is 0 Å². The fourth-order valence-electron chi connectivity index (χ4n) is 1.80. The van der Waals surface area contributed by atoms with Crippen LogP contribution in [0.1, 0.15) is 39.2 Å². The minimum atomic E-state index is 0.261. The molecule has 0 aliphatic carbocycles. The van der Waals surface area contributed by atoms with Crippen molar-refractivity contribution < 1.29 is 0 Å². The van der Waals surface area contributed by atoms with Gasteiger partial charge in [0.15, 0.2) is 0 Å². The Morgan fingerprint density at radius 2 is 2.20 bits per heavy atom. The van der Waals surface area contributed by atoms with Crippen LogP contribution in [0.25, 0.3) is 0 Å². The second-order valence-corrected chi connectivity index (χ2v) is 4.67. The van der Waals surface area contributed by atoms with E-state index in [0.717, 1.165) is 13.0 Å². The van der Waals surface area contributed by atoms with Gasteiger partial charge in [-0.2, -0.15) is 0 Å². The molecule has 0 aromatic carbocycles. The van der Waals surface area contributed by atoms with Crippen LogP contribution >= 0.6 is 0 Å². The first-order chi connectivity index (χ1) is 7.14. The highest BCUT2D eigenvalue weighted by atomic mass is 14.9. The topological polar surface area (TPSA) is 24.9 Å². The van der Waals surface area contributed by atoms with Crippen LogP contribution in [0.3, 0.4) is 0 Å². The van der Waals surface area contributed by atoms with E-state index in [2.05, 4.69) is 37.1 Å². The summed E-state index contributed by atoms with van der Waals surface area (Å²) in [5.74, 6) is 0. The molecule has 0 unspecified atom stereocenters. The first-order valence-corrected chi connectivity index (χ1v) is 5.78. The molecule has 0 bridgehead atoms. The Kier molecular flexibility index (Phi) is 4.76. The summed E-state index contributed by atoms with van der Waals surface area (Å²) in [6.07, 6.45) is 7.26. The van der Waals surface area contributed by atoms with Gasteiger partial charge in [0.05, 0.1) is 0 Å². The van der Waals surface area contributed by atoms with Gasteiger partial charge in [0.25, 0.3) is 0 Å². The zero-order valence-corrected chi connectivity index (χ0v) is 10.1. The van der Waals surface area contributed by atoms with E-state index in [9.17, 15) is 0 Å². The van der Waals surface area contributed by atoms with Crippen molar-refractivity contribution in [2.45, 2.75) is 45.6 Å². The third kappa shape index (κ3) is 4.93. The van der Waals surface area contributed by atoms with Crippen molar-refractivity contribution in [3.63, 3.8) is 0 Å². The largest absolute Gasteiger partial charge is 0.311 e. The van der Waals surface area contributed by atoms with E-state index in [4.69, 9.17) is 0 Å². The monoisotopic (exact) mass is 206 g/mol. The van der Waals surface area contributed by atoms with Gasteiger partial charge in [-0.3, -0.25) is 4.98 Å². The summed E-state index contributed by atoms with van der Waals surface area (Å²) in [4.78, 5) is 4.11. The second-order valence-electron chi connectivity index (χ2n) is 4.67. The molecule has 0 fully saturated rings. The summed E-state index contributed by atoms with van der Waals surface area (Å²) >= 11 is 0. The van der Waals surface area contributed by atoms with E-state index in [1.54, 1.807) is 0 Å². The number of aromatic nitrogens is 1. The van der Waals surface area contributed by atoms with Crippen molar-refractivity contribution >= 4 is 0 Å². The van der Waals surface area contributed by atoms with E-state index < -0.39 is 0 Å². The van der Waals surface area contributed by atoms with Crippen molar-refractivity contribution in [3.05, 3.63) is 30.1 Å². The summed E-state index contributed by atoms with van der Waals surface area (Å²) in [6.45, 7) is 7.78. The zero-order valence-electron chi connectivity index (χ0n) is 10.1. The highest BCUT2D eigenvalue weighted by molar-refractivity contribution is 5.08. The van der Waals surface area contributed by atoms with Crippen LogP contribution in [0, 0.1) is 0 Å². The third-order valence-electron chi connectivity index (χ3n) is 2.62. The Morgan fingerprint density at radius 1 is 1.40 bits per heavy atom. The van der Waals surface area contributed by atoms with Crippen LogP contribution in [-0.2, 0) is 6.42 Å². The summed E-state index contributed by atoms with van der Waals surface area (Å²) in [7, 11) is 0. The lowest BCUT2D eigenvalue weighted by Crippen LogP contribution is -2.40. The quantitative estimate of drug-likeness (QED) is 0.774. The molecule has 0 saturated carbocycles. The highest BCUT2D eigenvalue weighted by Crippen LogP contribution is 2.10. The molecule has 1 aromatic rings. The van der Waals surface area contributed by atoms with Gasteiger partial charge in [-0.05, 0) is 44.9 Å². The first-order valence-electron chi connectivity index (χ1n) is 5.78. The average Bonchev–Trinajstić information content (AvgIpc) is 2.19. The molecule has 1 rings (SSSR count). The van der Waals surface area contributed by atoms with E-state index >= 15 is 0 Å². The Balaban J connectivity index is 2.27. The Bertz CT molecular complexity index is 267. The Morgan fingerprint density at radius 3 is 2.80 bits per heavy atom. The predicted molar refractivity (Wildman–Crippen MR) is 64.9 cm³/mol. The van der Waals surface area contributed by atoms with Gasteiger partial charge in [0.1, 0.15) is 0 Å². The van der Waals surface area contributed by atoms with Crippen molar-refractivity contribution in [2.24, 2.45) is 0 Å². The SMILES string of the molecule is CCCC(C)(C)NCCc1cccnc1. The van der Waals surface area contributed by atoms with Gasteiger partial charge in [-0.1, -0.05) is 19.4 Å². The molecule has 0 amide bonds. The smallest absolute Gasteiger partial charge is 0.0300 e. The maximum absolute atomic E-state index is 4.11. The number of rotatable bonds is 6. The van der Waals surface area contributed by atoms with E-state index in [-0.39, 0.29) is 5.54 Å². The molecule has 84 valence electrons. The molecule has 15 heavy (non-hydrogen) atoms. The van der Waals surface area contributed by atoms with Gasteiger partial charge in [-0.15, -0.1) is 0 Å². The molecule has 0 saturated heterocycles. The number of hydrogen-bond acceptors (Lipinski definition) is 2. The van der Waals surface area contributed by atoms with Gasteiger partial charge in [0.2, 0.25) is 0 Å². The Hall–Kier alpha value is -0.890. The van der Waals surface area contributed by atoms with Crippen LogP contribution in [0.15, 0.2) is 24.5 Å². The molecule has 0 aliphatic heterocycles. The van der Waals surface area contributed by atoms with E-state index in [1.807, 2.05) is 18.5 Å². The molecule has 0 spiro atoms. The molecule has 0 radical (unpaired) electrons. The van der Waals surface area contributed by atoms with Gasteiger partial charge in [0, 0.05) is 17.9 Å². The second kappa shape index (κ2) is 5.86. The van der Waals surface area contributed by atoms with Crippen LogP contribution in [0.4, 0.5) is 0 Å². The maximum Gasteiger partial charge on any atom is 0.0300 e. The summed E-state index contributed by atoms with van der Waals surface area (Å²) in [6, 6.07) is 4.12. The van der Waals surface area contributed by atoms with E-state index in [0.29, 0.717) is 0 Å². The minimum absolute atomic E-state index is 0.261. The molecule has 0 atom stereocenters. The maximum atomic E-state index is 4.11. The van der Waals surface area contributed by atoms with Gasteiger partial charge in [-0.25, -0.2) is 0 Å². The highest BCUT2D eigenvalue weighted by Gasteiger charge is 2.14. The fourth-order valence-corrected chi connectivity index (χ4v) is 1.80. The molecule has 1 N–H and O–H groups in total. The number of nitrogens with one attached hydrogen (secondary N) is 1. The lowest BCUT2D eigenvalue weighted by Gasteiger charge is -2.25. The summed E-state index contributed by atoms with van der Waals surface area (Å²) < 4.78 is 0. The average molecular weight is 206 g/mol. The first kappa shape index (κ1) is 12.2. The third-order valence-corrected chi connectivity index (χ3v) is 2.62. The molecule has 2 heteroatoms. The van der Waals surface area contributed by atoms with Gasteiger partial charge < -0.3 is 5.32 Å².